The van der Waals surface area contributed by atoms with Gasteiger partial charge in [-0.05, 0) is 31.0 Å². The van der Waals surface area contributed by atoms with Crippen LogP contribution in [0.3, 0.4) is 0 Å². The minimum absolute atomic E-state index is 0.0550. The minimum atomic E-state index is -0.0550. The number of pyridine rings is 1. The standard InChI is InChI=1S/C16H18N2O2/c1-12-6-4-7-13(2)16(12)17-15(19)11-18-9-5-8-14(10-18)20-3/h4-10H,11H2,1-3H3/p+1. The van der Waals surface area contributed by atoms with Crippen molar-refractivity contribution < 1.29 is 14.1 Å². The third kappa shape index (κ3) is 3.35. The Kier molecular flexibility index (Phi) is 4.35. The van der Waals surface area contributed by atoms with Crippen molar-refractivity contribution in [3.05, 3.63) is 53.9 Å². The number of aryl methyl sites for hydroxylation is 2. The highest BCUT2D eigenvalue weighted by molar-refractivity contribution is 5.91. The molecular formula is C16H19N2O2+. The zero-order valence-corrected chi connectivity index (χ0v) is 12.0. The van der Waals surface area contributed by atoms with Gasteiger partial charge in [-0.25, -0.2) is 0 Å². The van der Waals surface area contributed by atoms with E-state index in [9.17, 15) is 4.79 Å². The maximum atomic E-state index is 12.1. The molecule has 0 aliphatic rings. The number of nitrogens with one attached hydrogen (secondary N) is 1. The highest BCUT2D eigenvalue weighted by Crippen LogP contribution is 2.19. The Morgan fingerprint density at radius 3 is 2.55 bits per heavy atom. The molecule has 1 aromatic heterocycles. The molecule has 0 fully saturated rings. The number of carbonyl (C=O) groups excluding carboxylic acids is 1. The van der Waals surface area contributed by atoms with E-state index in [4.69, 9.17) is 4.74 Å². The number of rotatable bonds is 4. The zero-order chi connectivity index (χ0) is 14.5. The lowest BCUT2D eigenvalue weighted by Gasteiger charge is -2.10. The second-order valence-corrected chi connectivity index (χ2v) is 4.73. The van der Waals surface area contributed by atoms with E-state index in [2.05, 4.69) is 5.32 Å². The molecule has 0 saturated heterocycles. The van der Waals surface area contributed by atoms with E-state index >= 15 is 0 Å². The van der Waals surface area contributed by atoms with Crippen molar-refractivity contribution >= 4 is 11.6 Å². The molecule has 104 valence electrons. The van der Waals surface area contributed by atoms with Crippen LogP contribution in [0.5, 0.6) is 5.75 Å². The predicted molar refractivity (Wildman–Crippen MR) is 77.7 cm³/mol. The number of methoxy groups -OCH3 is 1. The Bertz CT molecular complexity index is 603. The third-order valence-corrected chi connectivity index (χ3v) is 3.14. The summed E-state index contributed by atoms with van der Waals surface area (Å²) in [5, 5.41) is 2.96. The molecule has 0 unspecified atom stereocenters. The number of anilines is 1. The largest absolute Gasteiger partial charge is 0.491 e. The van der Waals surface area contributed by atoms with Gasteiger partial charge in [-0.1, -0.05) is 18.2 Å². The Labute approximate surface area is 119 Å². The molecule has 1 aromatic carbocycles. The maximum Gasteiger partial charge on any atom is 0.290 e. The fourth-order valence-electron chi connectivity index (χ4n) is 2.07. The van der Waals surface area contributed by atoms with Crippen LogP contribution in [0.25, 0.3) is 0 Å². The molecule has 0 atom stereocenters. The molecule has 0 bridgehead atoms. The summed E-state index contributed by atoms with van der Waals surface area (Å²) >= 11 is 0. The van der Waals surface area contributed by atoms with E-state index in [0.29, 0.717) is 0 Å². The first-order chi connectivity index (χ1) is 9.60. The molecule has 2 aromatic rings. The van der Waals surface area contributed by atoms with Crippen molar-refractivity contribution in [3.8, 4) is 5.75 Å². The van der Waals surface area contributed by atoms with Crippen molar-refractivity contribution in [2.45, 2.75) is 20.4 Å². The van der Waals surface area contributed by atoms with Gasteiger partial charge in [0.25, 0.3) is 5.91 Å². The van der Waals surface area contributed by atoms with Gasteiger partial charge in [0.2, 0.25) is 12.7 Å². The van der Waals surface area contributed by atoms with Gasteiger partial charge in [-0.2, -0.15) is 4.57 Å². The fraction of sp³-hybridized carbons (Fsp3) is 0.250. The maximum absolute atomic E-state index is 12.1. The number of aromatic nitrogens is 1. The van der Waals surface area contributed by atoms with Crippen LogP contribution in [-0.2, 0) is 11.3 Å². The molecule has 1 amide bonds. The monoisotopic (exact) mass is 271 g/mol. The molecule has 0 aliphatic heterocycles. The van der Waals surface area contributed by atoms with Gasteiger partial charge in [-0.15, -0.1) is 0 Å². The molecule has 20 heavy (non-hydrogen) atoms. The third-order valence-electron chi connectivity index (χ3n) is 3.14. The first-order valence-corrected chi connectivity index (χ1v) is 6.49. The fourth-order valence-corrected chi connectivity index (χ4v) is 2.07. The van der Waals surface area contributed by atoms with Gasteiger partial charge >= 0.3 is 0 Å². The molecule has 0 spiro atoms. The topological polar surface area (TPSA) is 42.2 Å². The Morgan fingerprint density at radius 2 is 1.90 bits per heavy atom. The molecule has 4 heteroatoms. The van der Waals surface area contributed by atoms with Crippen LogP contribution in [0.15, 0.2) is 42.7 Å². The van der Waals surface area contributed by atoms with E-state index in [1.54, 1.807) is 17.9 Å². The number of ether oxygens (including phenoxy) is 1. The zero-order valence-electron chi connectivity index (χ0n) is 12.0. The first kappa shape index (κ1) is 14.1. The SMILES string of the molecule is COc1ccc[n+](CC(=O)Nc2c(C)cccc2C)c1. The molecule has 1 N–H and O–H groups in total. The van der Waals surface area contributed by atoms with E-state index in [1.165, 1.54) is 0 Å². The Balaban J connectivity index is 2.09. The highest BCUT2D eigenvalue weighted by Gasteiger charge is 2.12. The Hall–Kier alpha value is -2.36. The summed E-state index contributed by atoms with van der Waals surface area (Å²) in [6.07, 6.45) is 3.64. The summed E-state index contributed by atoms with van der Waals surface area (Å²) in [5.41, 5.74) is 3.02. The van der Waals surface area contributed by atoms with Crippen LogP contribution >= 0.6 is 0 Å². The van der Waals surface area contributed by atoms with Gasteiger partial charge in [0.1, 0.15) is 0 Å². The van der Waals surface area contributed by atoms with Crippen molar-refractivity contribution in [1.82, 2.24) is 0 Å². The van der Waals surface area contributed by atoms with Crippen LogP contribution in [0.1, 0.15) is 11.1 Å². The van der Waals surface area contributed by atoms with Gasteiger partial charge < -0.3 is 10.1 Å². The van der Waals surface area contributed by atoms with Crippen molar-refractivity contribution in [2.24, 2.45) is 0 Å². The number of benzene rings is 1. The average molecular weight is 271 g/mol. The van der Waals surface area contributed by atoms with Crippen LogP contribution in [-0.4, -0.2) is 13.0 Å². The van der Waals surface area contributed by atoms with E-state index in [-0.39, 0.29) is 12.5 Å². The lowest BCUT2D eigenvalue weighted by Crippen LogP contribution is -2.39. The van der Waals surface area contributed by atoms with Crippen LogP contribution in [0.2, 0.25) is 0 Å². The molecule has 4 nitrogen and oxygen atoms in total. The normalized spacial score (nSPS) is 10.2. The van der Waals surface area contributed by atoms with Crippen LogP contribution in [0, 0.1) is 13.8 Å². The summed E-state index contributed by atoms with van der Waals surface area (Å²) in [6.45, 7) is 4.23. The van der Waals surface area contributed by atoms with Crippen molar-refractivity contribution in [3.63, 3.8) is 0 Å². The molecule has 0 radical (unpaired) electrons. The highest BCUT2D eigenvalue weighted by atomic mass is 16.5. The smallest absolute Gasteiger partial charge is 0.290 e. The van der Waals surface area contributed by atoms with Crippen LogP contribution in [0.4, 0.5) is 5.69 Å². The van der Waals surface area contributed by atoms with Gasteiger partial charge in [0.05, 0.1) is 7.11 Å². The van der Waals surface area contributed by atoms with Crippen molar-refractivity contribution in [1.29, 1.82) is 0 Å². The first-order valence-electron chi connectivity index (χ1n) is 6.49. The number of carbonyl (C=O) groups is 1. The van der Waals surface area contributed by atoms with E-state index in [1.807, 2.05) is 50.4 Å². The molecule has 1 heterocycles. The summed E-state index contributed by atoms with van der Waals surface area (Å²) in [4.78, 5) is 12.1. The molecule has 0 saturated carbocycles. The van der Waals surface area contributed by atoms with Gasteiger partial charge in [0.15, 0.2) is 11.9 Å². The summed E-state index contributed by atoms with van der Waals surface area (Å²) in [6, 6.07) is 9.66. The summed E-state index contributed by atoms with van der Waals surface area (Å²) in [7, 11) is 1.61. The van der Waals surface area contributed by atoms with Crippen molar-refractivity contribution in [2.75, 3.05) is 12.4 Å². The van der Waals surface area contributed by atoms with E-state index < -0.39 is 0 Å². The van der Waals surface area contributed by atoms with E-state index in [0.717, 1.165) is 22.6 Å². The molecule has 0 aliphatic carbocycles. The second kappa shape index (κ2) is 6.19. The van der Waals surface area contributed by atoms with Gasteiger partial charge in [-0.3, -0.25) is 4.79 Å². The number of para-hydroxylation sites is 1. The molecular weight excluding hydrogens is 252 g/mol. The second-order valence-electron chi connectivity index (χ2n) is 4.73. The lowest BCUT2D eigenvalue weighted by molar-refractivity contribution is -0.684. The average Bonchev–Trinajstić information content (AvgIpc) is 2.43. The van der Waals surface area contributed by atoms with Crippen LogP contribution < -0.4 is 14.6 Å². The summed E-state index contributed by atoms with van der Waals surface area (Å²) in [5.74, 6) is 0.674. The number of amides is 1. The van der Waals surface area contributed by atoms with Gasteiger partial charge in [0, 0.05) is 11.8 Å². The Morgan fingerprint density at radius 1 is 1.20 bits per heavy atom. The molecule has 2 rings (SSSR count). The lowest BCUT2D eigenvalue weighted by atomic mass is 10.1. The minimum Gasteiger partial charge on any atom is -0.491 e. The predicted octanol–water partition coefficient (Wildman–Crippen LogP) is 2.24. The quantitative estimate of drug-likeness (QED) is 0.867. The number of hydrogen-bond donors (Lipinski definition) is 1. The summed E-state index contributed by atoms with van der Waals surface area (Å²) < 4.78 is 6.93. The number of hydrogen-bond acceptors (Lipinski definition) is 2. The number of nitrogens with zero attached hydrogens (tertiary/aromatic N) is 1.